The first kappa shape index (κ1) is 17.4. The summed E-state index contributed by atoms with van der Waals surface area (Å²) in [6.45, 7) is 3.15. The third-order valence-electron chi connectivity index (χ3n) is 5.41. The van der Waals surface area contributed by atoms with Gasteiger partial charge in [-0.15, -0.1) is 0 Å². The van der Waals surface area contributed by atoms with Crippen molar-refractivity contribution in [3.05, 3.63) is 34.9 Å². The zero-order valence-electron chi connectivity index (χ0n) is 14.4. The number of nitrogens with two attached hydrogens (primary N) is 1. The van der Waals surface area contributed by atoms with Crippen LogP contribution >= 0.6 is 0 Å². The van der Waals surface area contributed by atoms with Gasteiger partial charge < -0.3 is 15.4 Å². The fourth-order valence-electron chi connectivity index (χ4n) is 3.85. The Kier molecular flexibility index (Phi) is 5.05. The molecule has 0 radical (unpaired) electrons. The van der Waals surface area contributed by atoms with Gasteiger partial charge in [0.2, 0.25) is 5.91 Å². The summed E-state index contributed by atoms with van der Waals surface area (Å²) in [5, 5.41) is 9.13. The molecule has 0 aromatic heterocycles. The Morgan fingerprint density at radius 2 is 1.96 bits per heavy atom. The average Bonchev–Trinajstić information content (AvgIpc) is 3.12. The van der Waals surface area contributed by atoms with Crippen LogP contribution in [0.15, 0.2) is 18.2 Å². The third-order valence-corrected chi connectivity index (χ3v) is 5.41. The number of ether oxygens (including phenoxy) is 1. The van der Waals surface area contributed by atoms with Crippen molar-refractivity contribution in [2.45, 2.75) is 44.8 Å². The highest BCUT2D eigenvalue weighted by molar-refractivity contribution is 5.96. The summed E-state index contributed by atoms with van der Waals surface area (Å²) in [6, 6.07) is 7.38. The largest absolute Gasteiger partial charge is 0.367 e. The Hall–Kier alpha value is -2.39. The molecule has 2 atom stereocenters. The molecular formula is C19H23N3O3. The summed E-state index contributed by atoms with van der Waals surface area (Å²) < 4.78 is 5.78. The van der Waals surface area contributed by atoms with Crippen molar-refractivity contribution in [2.75, 3.05) is 13.1 Å². The Bertz CT molecular complexity index is 717. The van der Waals surface area contributed by atoms with E-state index >= 15 is 0 Å². The standard InChI is InChI=1S/C19H23N3O3/c1-12-14(11-20)3-2-4-15(12)19(24)22-9-7-13(8-10-22)16-5-6-17(25-16)18(21)23/h2-4,13,16-17H,5-10H2,1H3,(H2,21,23)/t16-,17+/m0/s1. The van der Waals surface area contributed by atoms with Crippen molar-refractivity contribution < 1.29 is 14.3 Å². The van der Waals surface area contributed by atoms with Crippen LogP contribution in [0.4, 0.5) is 0 Å². The highest BCUT2D eigenvalue weighted by Crippen LogP contribution is 2.32. The van der Waals surface area contributed by atoms with Crippen LogP contribution in [-0.2, 0) is 9.53 Å². The van der Waals surface area contributed by atoms with Crippen molar-refractivity contribution in [3.63, 3.8) is 0 Å². The Morgan fingerprint density at radius 3 is 2.56 bits per heavy atom. The predicted molar refractivity (Wildman–Crippen MR) is 91.6 cm³/mol. The summed E-state index contributed by atoms with van der Waals surface area (Å²) in [5.74, 6) is -0.0432. The zero-order chi connectivity index (χ0) is 18.0. The molecule has 132 valence electrons. The van der Waals surface area contributed by atoms with Crippen LogP contribution in [0.25, 0.3) is 0 Å². The molecule has 2 N–H and O–H groups in total. The van der Waals surface area contributed by atoms with Crippen LogP contribution in [-0.4, -0.2) is 42.0 Å². The zero-order valence-corrected chi connectivity index (χ0v) is 14.4. The van der Waals surface area contributed by atoms with Gasteiger partial charge >= 0.3 is 0 Å². The number of nitrogens with zero attached hydrogens (tertiary/aromatic N) is 2. The molecule has 1 aromatic rings. The smallest absolute Gasteiger partial charge is 0.254 e. The molecule has 2 aliphatic rings. The van der Waals surface area contributed by atoms with Gasteiger partial charge in [0.1, 0.15) is 6.10 Å². The average molecular weight is 341 g/mol. The normalized spacial score (nSPS) is 24.1. The summed E-state index contributed by atoms with van der Waals surface area (Å²) >= 11 is 0. The Morgan fingerprint density at radius 1 is 1.24 bits per heavy atom. The molecule has 25 heavy (non-hydrogen) atoms. The van der Waals surface area contributed by atoms with Crippen LogP contribution in [0.2, 0.25) is 0 Å². The molecule has 3 rings (SSSR count). The number of amides is 2. The lowest BCUT2D eigenvalue weighted by Gasteiger charge is -2.35. The number of primary amides is 1. The van der Waals surface area contributed by atoms with E-state index in [-0.39, 0.29) is 17.9 Å². The van der Waals surface area contributed by atoms with E-state index in [1.165, 1.54) is 0 Å². The van der Waals surface area contributed by atoms with Gasteiger partial charge in [-0.25, -0.2) is 0 Å². The lowest BCUT2D eigenvalue weighted by Crippen LogP contribution is -2.42. The van der Waals surface area contributed by atoms with E-state index in [0.29, 0.717) is 36.6 Å². The van der Waals surface area contributed by atoms with E-state index in [2.05, 4.69) is 6.07 Å². The maximum absolute atomic E-state index is 12.8. The Labute approximate surface area is 147 Å². The van der Waals surface area contributed by atoms with Crippen molar-refractivity contribution in [1.29, 1.82) is 5.26 Å². The minimum atomic E-state index is -0.457. The quantitative estimate of drug-likeness (QED) is 0.906. The van der Waals surface area contributed by atoms with Gasteiger partial charge in [0, 0.05) is 18.7 Å². The molecule has 6 nitrogen and oxygen atoms in total. The minimum Gasteiger partial charge on any atom is -0.367 e. The van der Waals surface area contributed by atoms with Gasteiger partial charge in [0.05, 0.1) is 17.7 Å². The molecular weight excluding hydrogens is 318 g/mol. The van der Waals surface area contributed by atoms with Gasteiger partial charge in [-0.1, -0.05) is 6.07 Å². The molecule has 0 bridgehead atoms. The number of carbonyl (C=O) groups is 2. The van der Waals surface area contributed by atoms with Crippen molar-refractivity contribution in [3.8, 4) is 6.07 Å². The van der Waals surface area contributed by atoms with E-state index in [9.17, 15) is 9.59 Å². The molecule has 2 saturated heterocycles. The SMILES string of the molecule is Cc1c(C#N)cccc1C(=O)N1CCC([C@@H]2CC[C@H](C(N)=O)O2)CC1. The first-order valence-corrected chi connectivity index (χ1v) is 8.75. The second-order valence-electron chi connectivity index (χ2n) is 6.86. The van der Waals surface area contributed by atoms with E-state index < -0.39 is 6.10 Å². The topological polar surface area (TPSA) is 96.4 Å². The number of hydrogen-bond donors (Lipinski definition) is 1. The highest BCUT2D eigenvalue weighted by Gasteiger charge is 2.36. The fraction of sp³-hybridized carbons (Fsp3) is 0.526. The van der Waals surface area contributed by atoms with Gasteiger partial charge in [0.25, 0.3) is 5.91 Å². The van der Waals surface area contributed by atoms with Crippen LogP contribution in [0.1, 0.15) is 47.2 Å². The summed E-state index contributed by atoms with van der Waals surface area (Å²) in [7, 11) is 0. The number of piperidine rings is 1. The Balaban J connectivity index is 1.60. The molecule has 2 heterocycles. The maximum atomic E-state index is 12.8. The van der Waals surface area contributed by atoms with E-state index in [1.807, 2.05) is 11.8 Å². The first-order valence-electron chi connectivity index (χ1n) is 8.75. The number of likely N-dealkylation sites (tertiary alicyclic amines) is 1. The molecule has 0 unspecified atom stereocenters. The van der Waals surface area contributed by atoms with Gasteiger partial charge in [0.15, 0.2) is 0 Å². The van der Waals surface area contributed by atoms with Crippen molar-refractivity contribution >= 4 is 11.8 Å². The van der Waals surface area contributed by atoms with Crippen LogP contribution in [0.5, 0.6) is 0 Å². The molecule has 0 saturated carbocycles. The third kappa shape index (κ3) is 3.52. The highest BCUT2D eigenvalue weighted by atomic mass is 16.5. The number of nitriles is 1. The number of rotatable bonds is 3. The fourth-order valence-corrected chi connectivity index (χ4v) is 3.85. The van der Waals surface area contributed by atoms with Gasteiger partial charge in [-0.2, -0.15) is 5.26 Å². The molecule has 2 fully saturated rings. The molecule has 2 aliphatic heterocycles. The van der Waals surface area contributed by atoms with Gasteiger partial charge in [-0.3, -0.25) is 9.59 Å². The number of benzene rings is 1. The first-order chi connectivity index (χ1) is 12.0. The monoisotopic (exact) mass is 341 g/mol. The van der Waals surface area contributed by atoms with Crippen LogP contribution < -0.4 is 5.73 Å². The van der Waals surface area contributed by atoms with E-state index in [4.69, 9.17) is 15.7 Å². The second-order valence-corrected chi connectivity index (χ2v) is 6.86. The molecule has 2 amide bonds. The van der Waals surface area contributed by atoms with Crippen molar-refractivity contribution in [2.24, 2.45) is 11.7 Å². The molecule has 0 aliphatic carbocycles. The molecule has 6 heteroatoms. The molecule has 1 aromatic carbocycles. The van der Waals surface area contributed by atoms with E-state index in [1.54, 1.807) is 18.2 Å². The predicted octanol–water partition coefficient (Wildman–Crippen LogP) is 1.75. The van der Waals surface area contributed by atoms with Crippen LogP contribution in [0, 0.1) is 24.2 Å². The lowest BCUT2D eigenvalue weighted by molar-refractivity contribution is -0.130. The summed E-state index contributed by atoms with van der Waals surface area (Å²) in [4.78, 5) is 25.9. The summed E-state index contributed by atoms with van der Waals surface area (Å²) in [5.41, 5.74) is 7.19. The maximum Gasteiger partial charge on any atom is 0.254 e. The summed E-state index contributed by atoms with van der Waals surface area (Å²) in [6.07, 6.45) is 2.88. The van der Waals surface area contributed by atoms with Crippen molar-refractivity contribution in [1.82, 2.24) is 4.90 Å². The lowest BCUT2D eigenvalue weighted by atomic mass is 9.89. The van der Waals surface area contributed by atoms with Crippen LogP contribution in [0.3, 0.4) is 0 Å². The molecule has 0 spiro atoms. The second kappa shape index (κ2) is 7.24. The van der Waals surface area contributed by atoms with Gasteiger partial charge in [-0.05, 0) is 56.2 Å². The number of hydrogen-bond acceptors (Lipinski definition) is 4. The number of carbonyl (C=O) groups excluding carboxylic acids is 2. The minimum absolute atomic E-state index is 0.0181. The van der Waals surface area contributed by atoms with E-state index in [0.717, 1.165) is 24.8 Å².